The minimum Gasteiger partial charge on any atom is -0.490 e. The maximum atomic E-state index is 11.5. The smallest absolute Gasteiger partial charge is 0.327 e. The molecule has 7 heteroatoms. The third-order valence-electron chi connectivity index (χ3n) is 2.36. The zero-order chi connectivity index (χ0) is 14.4. The minimum atomic E-state index is -0.383. The summed E-state index contributed by atoms with van der Waals surface area (Å²) in [6.07, 6.45) is 1.62. The van der Waals surface area contributed by atoms with Gasteiger partial charge in [-0.2, -0.15) is 5.10 Å². The number of carbonyl (C=O) groups is 1. The van der Waals surface area contributed by atoms with Crippen LogP contribution < -0.4 is 10.5 Å². The molecule has 2 N–H and O–H groups in total. The summed E-state index contributed by atoms with van der Waals surface area (Å²) in [6, 6.07) is 9.06. The molecule has 0 aliphatic carbocycles. The molecule has 0 spiro atoms. The van der Waals surface area contributed by atoms with Gasteiger partial charge in [0.15, 0.2) is 0 Å². The first-order chi connectivity index (χ1) is 9.63. The Hall–Kier alpha value is -2.02. The van der Waals surface area contributed by atoms with Crippen LogP contribution in [0, 0.1) is 0 Å². The number of benzene rings is 1. The molecule has 0 amide bonds. The molecule has 0 bridgehead atoms. The third kappa shape index (κ3) is 4.58. The number of halogens is 1. The molecule has 6 nitrogen and oxygen atoms in total. The largest absolute Gasteiger partial charge is 0.490 e. The van der Waals surface area contributed by atoms with Crippen LogP contribution in [-0.4, -0.2) is 29.0 Å². The van der Waals surface area contributed by atoms with Gasteiger partial charge in [-0.25, -0.2) is 0 Å². The second-order valence-corrected chi connectivity index (χ2v) is 4.88. The second kappa shape index (κ2) is 6.95. The fourth-order valence-electron chi connectivity index (χ4n) is 1.52. The van der Waals surface area contributed by atoms with Crippen molar-refractivity contribution in [1.29, 1.82) is 0 Å². The maximum Gasteiger partial charge on any atom is 0.327 e. The number of nitrogen functional groups attached to an aromatic ring is 1. The standard InChI is InChI=1S/C13H14BrN3O3/c14-10-2-1-3-11(8-10)19-6-7-20-13(18)9-17-5-4-12(15)16-17/h1-5,8H,6-7,9H2,(H2,15,16). The van der Waals surface area contributed by atoms with Crippen LogP contribution in [0.25, 0.3) is 0 Å². The molecule has 0 fully saturated rings. The van der Waals surface area contributed by atoms with Gasteiger partial charge >= 0.3 is 5.97 Å². The Morgan fingerprint density at radius 2 is 2.20 bits per heavy atom. The molecule has 1 heterocycles. The SMILES string of the molecule is Nc1ccn(CC(=O)OCCOc2cccc(Br)c2)n1. The molecule has 1 aromatic heterocycles. The number of aromatic nitrogens is 2. The molecular weight excluding hydrogens is 326 g/mol. The molecule has 0 saturated heterocycles. The first-order valence-electron chi connectivity index (χ1n) is 5.96. The molecule has 0 aliphatic heterocycles. The lowest BCUT2D eigenvalue weighted by atomic mass is 10.3. The van der Waals surface area contributed by atoms with Crippen molar-refractivity contribution in [3.63, 3.8) is 0 Å². The fourth-order valence-corrected chi connectivity index (χ4v) is 1.89. The molecule has 0 atom stereocenters. The summed E-state index contributed by atoms with van der Waals surface area (Å²) in [4.78, 5) is 11.5. The number of esters is 1. The zero-order valence-corrected chi connectivity index (χ0v) is 12.2. The quantitative estimate of drug-likeness (QED) is 0.641. The Labute approximate surface area is 124 Å². The van der Waals surface area contributed by atoms with Crippen LogP contribution in [0.1, 0.15) is 0 Å². The van der Waals surface area contributed by atoms with Gasteiger partial charge in [0.2, 0.25) is 0 Å². The van der Waals surface area contributed by atoms with Gasteiger partial charge in [-0.15, -0.1) is 0 Å². The molecule has 0 saturated carbocycles. The first kappa shape index (κ1) is 14.4. The van der Waals surface area contributed by atoms with Crippen molar-refractivity contribution in [1.82, 2.24) is 9.78 Å². The monoisotopic (exact) mass is 339 g/mol. The van der Waals surface area contributed by atoms with Crippen LogP contribution in [0.5, 0.6) is 5.75 Å². The van der Waals surface area contributed by atoms with Gasteiger partial charge < -0.3 is 15.2 Å². The maximum absolute atomic E-state index is 11.5. The Kier molecular flexibility index (Phi) is 5.00. The van der Waals surface area contributed by atoms with Crippen molar-refractivity contribution in [2.45, 2.75) is 6.54 Å². The number of ether oxygens (including phenoxy) is 2. The Bertz CT molecular complexity index is 586. The van der Waals surface area contributed by atoms with E-state index < -0.39 is 0 Å². The molecule has 2 aromatic rings. The number of hydrogen-bond acceptors (Lipinski definition) is 5. The molecule has 106 valence electrons. The van der Waals surface area contributed by atoms with Crippen molar-refractivity contribution in [2.75, 3.05) is 18.9 Å². The number of hydrogen-bond donors (Lipinski definition) is 1. The minimum absolute atomic E-state index is 0.0358. The van der Waals surface area contributed by atoms with E-state index in [1.807, 2.05) is 24.3 Å². The van der Waals surface area contributed by atoms with Crippen LogP contribution in [0.2, 0.25) is 0 Å². The summed E-state index contributed by atoms with van der Waals surface area (Å²) in [5.41, 5.74) is 5.44. The van der Waals surface area contributed by atoms with Gasteiger partial charge in [0.05, 0.1) is 0 Å². The lowest BCUT2D eigenvalue weighted by Crippen LogP contribution is -2.17. The predicted octanol–water partition coefficient (Wildman–Crippen LogP) is 1.85. The van der Waals surface area contributed by atoms with Crippen LogP contribution in [0.4, 0.5) is 5.82 Å². The summed E-state index contributed by atoms with van der Waals surface area (Å²) in [5.74, 6) is 0.706. The lowest BCUT2D eigenvalue weighted by Gasteiger charge is -2.07. The van der Waals surface area contributed by atoms with Gasteiger partial charge in [0.25, 0.3) is 0 Å². The van der Waals surface area contributed by atoms with Gasteiger partial charge in [-0.3, -0.25) is 9.48 Å². The Morgan fingerprint density at radius 1 is 1.35 bits per heavy atom. The van der Waals surface area contributed by atoms with Crippen molar-refractivity contribution < 1.29 is 14.3 Å². The normalized spacial score (nSPS) is 10.2. The van der Waals surface area contributed by atoms with Gasteiger partial charge in [-0.05, 0) is 24.3 Å². The lowest BCUT2D eigenvalue weighted by molar-refractivity contribution is -0.145. The van der Waals surface area contributed by atoms with Gasteiger partial charge in [0.1, 0.15) is 31.3 Å². The van der Waals surface area contributed by atoms with Crippen LogP contribution in [-0.2, 0) is 16.1 Å². The number of anilines is 1. The van der Waals surface area contributed by atoms with E-state index in [9.17, 15) is 4.79 Å². The van der Waals surface area contributed by atoms with Crippen molar-refractivity contribution in [3.05, 3.63) is 41.0 Å². The van der Waals surface area contributed by atoms with E-state index in [0.717, 1.165) is 10.2 Å². The predicted molar refractivity (Wildman–Crippen MR) is 77.2 cm³/mol. The highest BCUT2D eigenvalue weighted by molar-refractivity contribution is 9.10. The summed E-state index contributed by atoms with van der Waals surface area (Å²) in [7, 11) is 0. The number of rotatable bonds is 6. The van der Waals surface area contributed by atoms with E-state index in [1.54, 1.807) is 12.3 Å². The summed E-state index contributed by atoms with van der Waals surface area (Å²) in [6.45, 7) is 0.514. The molecule has 0 unspecified atom stereocenters. The molecule has 20 heavy (non-hydrogen) atoms. The molecular formula is C13H14BrN3O3. The second-order valence-electron chi connectivity index (χ2n) is 3.96. The van der Waals surface area contributed by atoms with Crippen molar-refractivity contribution in [3.8, 4) is 5.75 Å². The zero-order valence-electron chi connectivity index (χ0n) is 10.7. The molecule has 0 aliphatic rings. The fraction of sp³-hybridized carbons (Fsp3) is 0.231. The van der Waals surface area contributed by atoms with E-state index in [0.29, 0.717) is 12.4 Å². The van der Waals surface area contributed by atoms with E-state index in [4.69, 9.17) is 15.2 Å². The average Bonchev–Trinajstić information content (AvgIpc) is 2.80. The van der Waals surface area contributed by atoms with Gasteiger partial charge in [-0.1, -0.05) is 22.0 Å². The third-order valence-corrected chi connectivity index (χ3v) is 2.86. The van der Waals surface area contributed by atoms with Crippen LogP contribution >= 0.6 is 15.9 Å². The number of nitrogens with zero attached hydrogens (tertiary/aromatic N) is 2. The van der Waals surface area contributed by atoms with E-state index >= 15 is 0 Å². The number of nitrogens with two attached hydrogens (primary N) is 1. The molecule has 0 radical (unpaired) electrons. The van der Waals surface area contributed by atoms with E-state index in [1.165, 1.54) is 4.68 Å². The Morgan fingerprint density at radius 3 is 2.90 bits per heavy atom. The van der Waals surface area contributed by atoms with Crippen LogP contribution in [0.3, 0.4) is 0 Å². The highest BCUT2D eigenvalue weighted by Gasteiger charge is 2.05. The first-order valence-corrected chi connectivity index (χ1v) is 6.76. The highest BCUT2D eigenvalue weighted by Crippen LogP contribution is 2.17. The topological polar surface area (TPSA) is 79.4 Å². The van der Waals surface area contributed by atoms with E-state index in [-0.39, 0.29) is 19.1 Å². The summed E-state index contributed by atoms with van der Waals surface area (Å²) < 4.78 is 12.8. The summed E-state index contributed by atoms with van der Waals surface area (Å²) >= 11 is 3.35. The number of carbonyl (C=O) groups excluding carboxylic acids is 1. The Balaban J connectivity index is 1.67. The van der Waals surface area contributed by atoms with Crippen molar-refractivity contribution >= 4 is 27.7 Å². The van der Waals surface area contributed by atoms with Gasteiger partial charge in [0, 0.05) is 10.7 Å². The molecule has 2 rings (SSSR count). The van der Waals surface area contributed by atoms with Crippen molar-refractivity contribution in [2.24, 2.45) is 0 Å². The van der Waals surface area contributed by atoms with Crippen LogP contribution in [0.15, 0.2) is 41.0 Å². The average molecular weight is 340 g/mol. The highest BCUT2D eigenvalue weighted by atomic mass is 79.9. The molecule has 1 aromatic carbocycles. The summed E-state index contributed by atoms with van der Waals surface area (Å²) in [5, 5.41) is 3.89. The van der Waals surface area contributed by atoms with E-state index in [2.05, 4.69) is 21.0 Å².